The van der Waals surface area contributed by atoms with Gasteiger partial charge in [-0.15, -0.1) is 0 Å². The Hall–Kier alpha value is -1.20. The van der Waals surface area contributed by atoms with E-state index < -0.39 is 18.0 Å². The smallest absolute Gasteiger partial charge is 0.376 e. The molecule has 0 aliphatic carbocycles. The zero-order valence-corrected chi connectivity index (χ0v) is 18.6. The first-order valence-corrected chi connectivity index (χ1v) is 11.8. The van der Waals surface area contributed by atoms with Gasteiger partial charge in [0.25, 0.3) is 0 Å². The highest BCUT2D eigenvalue weighted by atomic mass is 16.6. The van der Waals surface area contributed by atoms with E-state index in [1.807, 2.05) is 0 Å². The molecule has 0 aromatic heterocycles. The number of ketones is 1. The number of carbonyl (C=O) groups excluding carboxylic acids is 2. The van der Waals surface area contributed by atoms with Crippen LogP contribution in [-0.2, 0) is 14.3 Å². The summed E-state index contributed by atoms with van der Waals surface area (Å²) >= 11 is 0. The van der Waals surface area contributed by atoms with Crippen molar-refractivity contribution in [3.63, 3.8) is 0 Å². The Morgan fingerprint density at radius 1 is 0.793 bits per heavy atom. The molecule has 170 valence electrons. The first kappa shape index (κ1) is 27.8. The van der Waals surface area contributed by atoms with Gasteiger partial charge >= 0.3 is 5.97 Å². The Kier molecular flexibility index (Phi) is 20.6. The molecule has 0 rings (SSSR count). The van der Waals surface area contributed by atoms with E-state index >= 15 is 0 Å². The third kappa shape index (κ3) is 19.9. The fourth-order valence-electron chi connectivity index (χ4n) is 3.14. The van der Waals surface area contributed by atoms with Gasteiger partial charge in [0.2, 0.25) is 12.1 Å². The average Bonchev–Trinajstić information content (AvgIpc) is 2.71. The summed E-state index contributed by atoms with van der Waals surface area (Å²) in [5, 5.41) is 18.3. The molecule has 0 radical (unpaired) electrons. The minimum atomic E-state index is -1.23. The van der Waals surface area contributed by atoms with Gasteiger partial charge in [0, 0.05) is 19.4 Å². The lowest BCUT2D eigenvalue weighted by atomic mass is 10.1. The maximum Gasteiger partial charge on any atom is 0.376 e. The molecule has 0 amide bonds. The molecule has 1 atom stereocenters. The number of esters is 1. The Morgan fingerprint density at radius 3 is 1.97 bits per heavy atom. The van der Waals surface area contributed by atoms with Crippen molar-refractivity contribution < 1.29 is 24.5 Å². The molecule has 0 aromatic rings. The van der Waals surface area contributed by atoms with E-state index in [1.54, 1.807) is 0 Å². The number of aliphatic hydroxyl groups excluding tert-OH is 2. The third-order valence-corrected chi connectivity index (χ3v) is 5.00. The summed E-state index contributed by atoms with van der Waals surface area (Å²) in [6.07, 6.45) is 19.9. The Balaban J connectivity index is 3.49. The van der Waals surface area contributed by atoms with Gasteiger partial charge in [-0.25, -0.2) is 4.79 Å². The zero-order valence-electron chi connectivity index (χ0n) is 18.6. The normalized spacial score (nSPS) is 12.4. The van der Waals surface area contributed by atoms with Gasteiger partial charge in [-0.3, -0.25) is 4.79 Å². The van der Waals surface area contributed by atoms with Crippen molar-refractivity contribution in [3.05, 3.63) is 12.2 Å². The predicted octanol–water partition coefficient (Wildman–Crippen LogP) is 5.62. The zero-order chi connectivity index (χ0) is 21.6. The quantitative estimate of drug-likeness (QED) is 0.0840. The summed E-state index contributed by atoms with van der Waals surface area (Å²) in [6.45, 7) is 2.36. The van der Waals surface area contributed by atoms with Crippen molar-refractivity contribution in [2.24, 2.45) is 0 Å². The predicted molar refractivity (Wildman–Crippen MR) is 117 cm³/mol. The maximum atomic E-state index is 11.7. The fourth-order valence-corrected chi connectivity index (χ4v) is 3.14. The van der Waals surface area contributed by atoms with Crippen LogP contribution in [0.5, 0.6) is 0 Å². The molecule has 0 saturated heterocycles. The number of unbranched alkanes of at least 4 members (excludes halogenated alkanes) is 12. The second kappa shape index (κ2) is 21.5. The van der Waals surface area contributed by atoms with Crippen LogP contribution in [0.2, 0.25) is 0 Å². The molecule has 0 heterocycles. The molecule has 29 heavy (non-hydrogen) atoms. The first-order valence-electron chi connectivity index (χ1n) is 11.8. The topological polar surface area (TPSA) is 83.8 Å². The number of Topliss-reactive ketones (excluding diaryl/α,β-unsaturated/α-hetero) is 1. The maximum absolute atomic E-state index is 11.7. The monoisotopic (exact) mass is 412 g/mol. The van der Waals surface area contributed by atoms with Crippen LogP contribution in [0.15, 0.2) is 12.2 Å². The molecule has 5 nitrogen and oxygen atoms in total. The lowest BCUT2D eigenvalue weighted by molar-refractivity contribution is -0.173. The molecule has 0 aromatic carbocycles. The summed E-state index contributed by atoms with van der Waals surface area (Å²) in [4.78, 5) is 23.4. The van der Waals surface area contributed by atoms with Crippen molar-refractivity contribution in [1.82, 2.24) is 0 Å². The van der Waals surface area contributed by atoms with Gasteiger partial charge in [0.15, 0.2) is 0 Å². The molecular formula is C24H44O5. The van der Waals surface area contributed by atoms with Crippen molar-refractivity contribution in [2.75, 3.05) is 6.61 Å². The highest BCUT2D eigenvalue weighted by Crippen LogP contribution is 2.10. The molecule has 2 N–H and O–H groups in total. The molecule has 0 aliphatic heterocycles. The molecule has 0 spiro atoms. The summed E-state index contributed by atoms with van der Waals surface area (Å²) < 4.78 is 4.76. The number of allylic oxidation sites excluding steroid dienone is 2. The summed E-state index contributed by atoms with van der Waals surface area (Å²) in [5.41, 5.74) is 0. The van der Waals surface area contributed by atoms with Gasteiger partial charge in [-0.1, -0.05) is 70.4 Å². The highest BCUT2D eigenvalue weighted by molar-refractivity contribution is 6.33. The van der Waals surface area contributed by atoms with Crippen LogP contribution >= 0.6 is 0 Å². The van der Waals surface area contributed by atoms with Crippen LogP contribution in [0.1, 0.15) is 116 Å². The lowest BCUT2D eigenvalue weighted by Crippen LogP contribution is -2.24. The largest absolute Gasteiger partial charge is 0.430 e. The Bertz CT molecular complexity index is 419. The minimum Gasteiger partial charge on any atom is -0.430 e. The molecule has 0 bridgehead atoms. The standard InChI is InChI=1S/C24H44O5/c1-2-3-4-5-6-7-8-9-10-11-12-13-14-16-19-22(26)24(28)29-23(27)20-17-15-18-21-25/h9-10,23,25,27H,2-8,11-21H2,1H3/b10-9-. The lowest BCUT2D eigenvalue weighted by Gasteiger charge is -2.11. The summed E-state index contributed by atoms with van der Waals surface area (Å²) in [6, 6.07) is 0. The van der Waals surface area contributed by atoms with E-state index in [0.717, 1.165) is 32.1 Å². The van der Waals surface area contributed by atoms with Crippen LogP contribution in [0, 0.1) is 0 Å². The fraction of sp³-hybridized carbons (Fsp3) is 0.833. The van der Waals surface area contributed by atoms with Crippen LogP contribution in [-0.4, -0.2) is 34.9 Å². The van der Waals surface area contributed by atoms with Crippen LogP contribution in [0.25, 0.3) is 0 Å². The van der Waals surface area contributed by atoms with Crippen molar-refractivity contribution in [2.45, 2.75) is 122 Å². The first-order chi connectivity index (χ1) is 14.1. The van der Waals surface area contributed by atoms with Crippen molar-refractivity contribution >= 4 is 11.8 Å². The number of ether oxygens (including phenoxy) is 1. The second-order valence-electron chi connectivity index (χ2n) is 7.84. The number of carbonyl (C=O) groups is 2. The van der Waals surface area contributed by atoms with E-state index in [-0.39, 0.29) is 13.0 Å². The minimum absolute atomic E-state index is 0.115. The Labute approximate surface area is 177 Å². The van der Waals surface area contributed by atoms with Gasteiger partial charge in [-0.05, 0) is 44.9 Å². The summed E-state index contributed by atoms with van der Waals surface area (Å²) in [5.74, 6) is -1.49. The van der Waals surface area contributed by atoms with Crippen molar-refractivity contribution in [3.8, 4) is 0 Å². The van der Waals surface area contributed by atoms with Crippen molar-refractivity contribution in [1.29, 1.82) is 0 Å². The molecular weight excluding hydrogens is 368 g/mol. The van der Waals surface area contributed by atoms with E-state index in [4.69, 9.17) is 9.84 Å². The van der Waals surface area contributed by atoms with Crippen LogP contribution in [0.3, 0.4) is 0 Å². The van der Waals surface area contributed by atoms with E-state index in [0.29, 0.717) is 25.7 Å². The van der Waals surface area contributed by atoms with Gasteiger partial charge in [-0.2, -0.15) is 0 Å². The molecule has 0 saturated carbocycles. The van der Waals surface area contributed by atoms with E-state index in [1.165, 1.54) is 44.9 Å². The van der Waals surface area contributed by atoms with Gasteiger partial charge in [0.1, 0.15) is 0 Å². The van der Waals surface area contributed by atoms with Gasteiger partial charge < -0.3 is 14.9 Å². The number of aliphatic hydroxyl groups is 2. The van der Waals surface area contributed by atoms with E-state index in [9.17, 15) is 14.7 Å². The van der Waals surface area contributed by atoms with E-state index in [2.05, 4.69) is 19.1 Å². The molecule has 0 fully saturated rings. The molecule has 1 unspecified atom stereocenters. The summed E-state index contributed by atoms with van der Waals surface area (Å²) in [7, 11) is 0. The van der Waals surface area contributed by atoms with Crippen LogP contribution in [0.4, 0.5) is 0 Å². The Morgan fingerprint density at radius 2 is 1.34 bits per heavy atom. The average molecular weight is 413 g/mol. The number of rotatable bonds is 21. The third-order valence-electron chi connectivity index (χ3n) is 5.00. The van der Waals surface area contributed by atoms with Gasteiger partial charge in [0.05, 0.1) is 0 Å². The number of hydrogen-bond acceptors (Lipinski definition) is 5. The second-order valence-corrected chi connectivity index (χ2v) is 7.84. The highest BCUT2D eigenvalue weighted by Gasteiger charge is 2.18. The molecule has 0 aliphatic rings. The molecule has 5 heteroatoms. The number of hydrogen-bond donors (Lipinski definition) is 2. The van der Waals surface area contributed by atoms with Crippen LogP contribution < -0.4 is 0 Å². The SMILES string of the molecule is CCCCCCCC/C=C\CCCCCCC(=O)C(=O)OC(O)CCCCCO.